The molecule has 1 heterocycles. The average Bonchev–Trinajstić information content (AvgIpc) is 3.34. The maximum Gasteiger partial charge on any atom is 0.164 e. The normalized spacial score (nSPS) is 13.5. The third kappa shape index (κ3) is 6.90. The molecule has 3 nitrogen and oxygen atoms in total. The Morgan fingerprint density at radius 3 is 1.16 bits per heavy atom. The largest absolute Gasteiger partial charge is 0.208 e. The molecular weight excluding hydrogens is 739 g/mol. The van der Waals surface area contributed by atoms with E-state index in [1.54, 1.807) is 0 Å². The van der Waals surface area contributed by atoms with E-state index >= 15 is 0 Å². The van der Waals surface area contributed by atoms with Crippen LogP contribution >= 0.6 is 0 Å². The summed E-state index contributed by atoms with van der Waals surface area (Å²) in [4.78, 5) is 15.5. The predicted octanol–water partition coefficient (Wildman–Crippen LogP) is 14.9. The number of hydrogen-bond donors (Lipinski definition) is 0. The van der Waals surface area contributed by atoms with Gasteiger partial charge in [0.25, 0.3) is 0 Å². The van der Waals surface area contributed by atoms with Crippen molar-refractivity contribution in [2.24, 2.45) is 5.92 Å². The number of nitrogens with zero attached hydrogens (tertiary/aromatic N) is 3. The number of allylic oxidation sites excluding steroid dienone is 1. The van der Waals surface area contributed by atoms with Gasteiger partial charge in [-0.05, 0) is 120 Å². The molecule has 1 aromatic heterocycles. The lowest BCUT2D eigenvalue weighted by atomic mass is 9.77. The van der Waals surface area contributed by atoms with Crippen LogP contribution in [0.4, 0.5) is 0 Å². The molecule has 10 aromatic rings. The molecule has 0 saturated heterocycles. The van der Waals surface area contributed by atoms with Crippen LogP contribution in [0.1, 0.15) is 23.6 Å². The molecule has 0 bridgehead atoms. The van der Waals surface area contributed by atoms with E-state index in [-0.39, 0.29) is 0 Å². The summed E-state index contributed by atoms with van der Waals surface area (Å²) in [5, 5.41) is 5.33. The van der Waals surface area contributed by atoms with Gasteiger partial charge in [0.2, 0.25) is 0 Å². The van der Waals surface area contributed by atoms with E-state index < -0.39 is 0 Å². The second kappa shape index (κ2) is 15.4. The zero-order valence-electron chi connectivity index (χ0n) is 33.8. The Morgan fingerprint density at radius 1 is 0.328 bits per heavy atom. The van der Waals surface area contributed by atoms with Crippen molar-refractivity contribution in [3.05, 3.63) is 223 Å². The third-order valence-electron chi connectivity index (χ3n) is 12.2. The van der Waals surface area contributed by atoms with Gasteiger partial charge in [-0.1, -0.05) is 189 Å². The predicted molar refractivity (Wildman–Crippen MR) is 255 cm³/mol. The summed E-state index contributed by atoms with van der Waals surface area (Å²) in [6, 6.07) is 73.2. The molecule has 0 spiro atoms. The second-order valence-electron chi connectivity index (χ2n) is 16.0. The van der Waals surface area contributed by atoms with Crippen LogP contribution in [0, 0.1) is 5.92 Å². The molecule has 9 aromatic carbocycles. The van der Waals surface area contributed by atoms with Crippen molar-refractivity contribution in [2.45, 2.75) is 13.3 Å². The number of benzene rings is 9. The van der Waals surface area contributed by atoms with Crippen LogP contribution in [-0.2, 0) is 6.42 Å². The summed E-state index contributed by atoms with van der Waals surface area (Å²) in [7, 11) is 0. The van der Waals surface area contributed by atoms with Gasteiger partial charge in [0, 0.05) is 16.7 Å². The monoisotopic (exact) mass is 779 g/mol. The van der Waals surface area contributed by atoms with Gasteiger partial charge in [0.15, 0.2) is 17.5 Å². The first-order valence-corrected chi connectivity index (χ1v) is 21.1. The molecule has 0 saturated carbocycles. The van der Waals surface area contributed by atoms with Crippen LogP contribution in [0.3, 0.4) is 0 Å². The van der Waals surface area contributed by atoms with Gasteiger partial charge < -0.3 is 0 Å². The van der Waals surface area contributed by atoms with E-state index in [9.17, 15) is 0 Å². The van der Waals surface area contributed by atoms with Crippen molar-refractivity contribution in [2.75, 3.05) is 0 Å². The zero-order valence-corrected chi connectivity index (χ0v) is 33.8. The highest BCUT2D eigenvalue weighted by atomic mass is 15.0. The molecule has 1 aliphatic carbocycles. The fraction of sp³-hybridized carbons (Fsp3) is 0.0517. The molecule has 0 N–H and O–H groups in total. The van der Waals surface area contributed by atoms with Crippen LogP contribution in [0.5, 0.6) is 0 Å². The van der Waals surface area contributed by atoms with Crippen LogP contribution in [0.15, 0.2) is 206 Å². The van der Waals surface area contributed by atoms with Gasteiger partial charge in [-0.3, -0.25) is 0 Å². The third-order valence-corrected chi connectivity index (χ3v) is 12.2. The van der Waals surface area contributed by atoms with E-state index in [1.165, 1.54) is 43.8 Å². The Kier molecular flexibility index (Phi) is 9.20. The average molecular weight is 780 g/mol. The number of aromatic nitrogens is 3. The summed E-state index contributed by atoms with van der Waals surface area (Å²) < 4.78 is 0. The molecule has 0 aliphatic heterocycles. The first-order chi connectivity index (χ1) is 30.1. The molecule has 61 heavy (non-hydrogen) atoms. The van der Waals surface area contributed by atoms with E-state index in [0.717, 1.165) is 56.5 Å². The maximum atomic E-state index is 5.19. The van der Waals surface area contributed by atoms with Crippen LogP contribution in [0.2, 0.25) is 0 Å². The summed E-state index contributed by atoms with van der Waals surface area (Å²) in [6.45, 7) is 2.37. The van der Waals surface area contributed by atoms with Gasteiger partial charge in [-0.15, -0.1) is 0 Å². The van der Waals surface area contributed by atoms with Gasteiger partial charge in [0.05, 0.1) is 0 Å². The van der Waals surface area contributed by atoms with E-state index in [1.807, 2.05) is 12.1 Å². The van der Waals surface area contributed by atoms with Gasteiger partial charge >= 0.3 is 0 Å². The smallest absolute Gasteiger partial charge is 0.164 e. The minimum Gasteiger partial charge on any atom is -0.208 e. The Balaban J connectivity index is 1.01. The van der Waals surface area contributed by atoms with Gasteiger partial charge in [0.1, 0.15) is 0 Å². The summed E-state index contributed by atoms with van der Waals surface area (Å²) in [5.41, 5.74) is 15.0. The standard InChI is InChI=1S/C58H41N3/c1-38-32-54-51-30-10-8-28-49(51)50-29-9-11-31-52(50)55(54)37-53(38)45-24-12-22-43(33-45)44-23-15-27-48(36-44)58-60-56(46-25-13-20-41(34-46)39-16-4-2-5-17-39)59-57(61-58)47-26-14-21-42(35-47)40-18-6-3-7-19-40/h2-31,33-38H,32H2,1H3. The van der Waals surface area contributed by atoms with E-state index in [4.69, 9.17) is 15.0 Å². The molecule has 0 amide bonds. The Hall–Kier alpha value is -7.75. The second-order valence-corrected chi connectivity index (χ2v) is 16.0. The molecule has 0 fully saturated rings. The highest BCUT2D eigenvalue weighted by Gasteiger charge is 2.24. The van der Waals surface area contributed by atoms with Crippen molar-refractivity contribution in [1.82, 2.24) is 15.0 Å². The Labute approximate surface area is 356 Å². The van der Waals surface area contributed by atoms with Crippen molar-refractivity contribution in [3.63, 3.8) is 0 Å². The van der Waals surface area contributed by atoms with Crippen molar-refractivity contribution in [3.8, 4) is 67.5 Å². The molecular formula is C58H41N3. The molecule has 1 aliphatic rings. The SMILES string of the molecule is CC1Cc2c(c3ccccc3c3ccccc23)C=C1c1cccc(-c2cccc(-c3nc(-c4cccc(-c5ccccc5)c4)nc(-c4cccc(-c5ccccc5)c4)n3)c2)c1. The highest BCUT2D eigenvalue weighted by molar-refractivity contribution is 6.14. The maximum absolute atomic E-state index is 5.19. The van der Waals surface area contributed by atoms with Crippen LogP contribution in [0.25, 0.3) is 101 Å². The first kappa shape index (κ1) is 36.3. The fourth-order valence-corrected chi connectivity index (χ4v) is 9.12. The van der Waals surface area contributed by atoms with Crippen LogP contribution in [-0.4, -0.2) is 15.0 Å². The topological polar surface area (TPSA) is 38.7 Å². The summed E-state index contributed by atoms with van der Waals surface area (Å²) in [6.07, 6.45) is 3.46. The van der Waals surface area contributed by atoms with Crippen molar-refractivity contribution >= 4 is 33.2 Å². The van der Waals surface area contributed by atoms with Crippen LogP contribution < -0.4 is 0 Å². The lowest BCUT2D eigenvalue weighted by Crippen LogP contribution is -2.10. The summed E-state index contributed by atoms with van der Waals surface area (Å²) >= 11 is 0. The van der Waals surface area contributed by atoms with Gasteiger partial charge in [-0.2, -0.15) is 0 Å². The van der Waals surface area contributed by atoms with E-state index in [0.29, 0.717) is 23.4 Å². The van der Waals surface area contributed by atoms with Gasteiger partial charge in [-0.25, -0.2) is 15.0 Å². The minimum atomic E-state index is 0.363. The van der Waals surface area contributed by atoms with Crippen molar-refractivity contribution < 1.29 is 0 Å². The molecule has 3 heteroatoms. The minimum absolute atomic E-state index is 0.363. The molecule has 288 valence electrons. The number of hydrogen-bond acceptors (Lipinski definition) is 3. The molecule has 1 atom stereocenters. The quantitative estimate of drug-likeness (QED) is 0.151. The molecule has 11 rings (SSSR count). The number of rotatable bonds is 7. The zero-order chi connectivity index (χ0) is 40.7. The fourth-order valence-electron chi connectivity index (χ4n) is 9.12. The lowest BCUT2D eigenvalue weighted by Gasteiger charge is -2.27. The highest BCUT2D eigenvalue weighted by Crippen LogP contribution is 2.43. The summed E-state index contributed by atoms with van der Waals surface area (Å²) in [5.74, 6) is 2.26. The van der Waals surface area contributed by atoms with Crippen molar-refractivity contribution in [1.29, 1.82) is 0 Å². The Bertz CT molecular complexity index is 3190. The Morgan fingerprint density at radius 2 is 0.672 bits per heavy atom. The molecule has 1 unspecified atom stereocenters. The first-order valence-electron chi connectivity index (χ1n) is 21.1. The molecule has 0 radical (unpaired) electrons. The number of fused-ring (bicyclic) bond motifs is 6. The van der Waals surface area contributed by atoms with E-state index in [2.05, 4.69) is 207 Å². The lowest BCUT2D eigenvalue weighted by molar-refractivity contribution is 0.743.